The van der Waals surface area contributed by atoms with Crippen LogP contribution >= 0.6 is 0 Å². The van der Waals surface area contributed by atoms with Gasteiger partial charge in [-0.25, -0.2) is 4.79 Å². The summed E-state index contributed by atoms with van der Waals surface area (Å²) in [6.07, 6.45) is 8.70. The number of aliphatic hydroxyl groups excluding tert-OH is 1. The molecule has 2 rings (SSSR count). The molecule has 0 aromatic heterocycles. The van der Waals surface area contributed by atoms with E-state index in [1.165, 1.54) is 12.8 Å². The van der Waals surface area contributed by atoms with E-state index in [1.54, 1.807) is 0 Å². The molecular formula is C18H34N2O3. The second kappa shape index (κ2) is 8.34. The third kappa shape index (κ3) is 6.30. The summed E-state index contributed by atoms with van der Waals surface area (Å²) in [4.78, 5) is 11.9. The van der Waals surface area contributed by atoms with Crippen molar-refractivity contribution in [2.45, 2.75) is 95.9 Å². The maximum atomic E-state index is 11.9. The summed E-state index contributed by atoms with van der Waals surface area (Å²) in [6.45, 7) is 5.94. The second-order valence-electron chi connectivity index (χ2n) is 8.21. The molecule has 2 aliphatic rings. The molecule has 23 heavy (non-hydrogen) atoms. The van der Waals surface area contributed by atoms with Crippen LogP contribution in [0.3, 0.4) is 0 Å². The number of amides is 1. The first-order valence-corrected chi connectivity index (χ1v) is 9.24. The Morgan fingerprint density at radius 2 is 1.78 bits per heavy atom. The van der Waals surface area contributed by atoms with Crippen LogP contribution in [0.15, 0.2) is 0 Å². The van der Waals surface area contributed by atoms with Crippen LogP contribution in [-0.4, -0.2) is 41.5 Å². The molecule has 0 aromatic carbocycles. The summed E-state index contributed by atoms with van der Waals surface area (Å²) in [5.74, 6) is 0.392. The molecule has 2 saturated carbocycles. The molecule has 134 valence electrons. The summed E-state index contributed by atoms with van der Waals surface area (Å²) in [6, 6.07) is 1.05. The highest BCUT2D eigenvalue weighted by molar-refractivity contribution is 5.68. The largest absolute Gasteiger partial charge is 0.444 e. The molecule has 3 N–H and O–H groups in total. The van der Waals surface area contributed by atoms with Crippen LogP contribution in [-0.2, 0) is 4.74 Å². The lowest BCUT2D eigenvalue weighted by molar-refractivity contribution is 0.0485. The summed E-state index contributed by atoms with van der Waals surface area (Å²) in [5, 5.41) is 16.3. The van der Waals surface area contributed by atoms with E-state index in [0.29, 0.717) is 18.0 Å². The van der Waals surface area contributed by atoms with Crippen LogP contribution in [0.5, 0.6) is 0 Å². The summed E-state index contributed by atoms with van der Waals surface area (Å²) in [5.41, 5.74) is -0.452. The Kier molecular flexibility index (Phi) is 6.72. The topological polar surface area (TPSA) is 70.6 Å². The summed E-state index contributed by atoms with van der Waals surface area (Å²) in [7, 11) is 0. The minimum Gasteiger partial charge on any atom is -0.444 e. The highest BCUT2D eigenvalue weighted by Gasteiger charge is 2.30. The molecule has 4 unspecified atom stereocenters. The Bertz CT molecular complexity index is 381. The van der Waals surface area contributed by atoms with Crippen LogP contribution in [0.4, 0.5) is 4.79 Å². The van der Waals surface area contributed by atoms with E-state index in [4.69, 9.17) is 4.74 Å². The number of hydrogen-bond acceptors (Lipinski definition) is 4. The maximum absolute atomic E-state index is 11.9. The first-order valence-electron chi connectivity index (χ1n) is 9.24. The quantitative estimate of drug-likeness (QED) is 0.743. The highest BCUT2D eigenvalue weighted by atomic mass is 16.6. The van der Waals surface area contributed by atoms with Crippen molar-refractivity contribution in [2.75, 3.05) is 6.61 Å². The predicted molar refractivity (Wildman–Crippen MR) is 91.4 cm³/mol. The Labute approximate surface area is 140 Å². The van der Waals surface area contributed by atoms with Crippen molar-refractivity contribution in [2.24, 2.45) is 5.92 Å². The fourth-order valence-electron chi connectivity index (χ4n) is 3.89. The molecule has 0 heterocycles. The monoisotopic (exact) mass is 326 g/mol. The van der Waals surface area contributed by atoms with Gasteiger partial charge in [0.05, 0.1) is 0 Å². The second-order valence-corrected chi connectivity index (χ2v) is 8.21. The Morgan fingerprint density at radius 3 is 2.48 bits per heavy atom. The normalized spacial score (nSPS) is 32.3. The van der Waals surface area contributed by atoms with Crippen LogP contribution in [0.2, 0.25) is 0 Å². The van der Waals surface area contributed by atoms with Crippen molar-refractivity contribution >= 4 is 6.09 Å². The van der Waals surface area contributed by atoms with Gasteiger partial charge in [-0.05, 0) is 65.2 Å². The third-order valence-corrected chi connectivity index (χ3v) is 4.99. The van der Waals surface area contributed by atoms with Crippen LogP contribution in [0.1, 0.15) is 72.1 Å². The van der Waals surface area contributed by atoms with Gasteiger partial charge in [0.25, 0.3) is 0 Å². The van der Waals surface area contributed by atoms with Crippen LogP contribution in [0.25, 0.3) is 0 Å². The van der Waals surface area contributed by atoms with Crippen molar-refractivity contribution in [1.82, 2.24) is 10.6 Å². The number of aliphatic hydroxyl groups is 1. The van der Waals surface area contributed by atoms with Gasteiger partial charge < -0.3 is 20.5 Å². The number of nitrogens with one attached hydrogen (secondary N) is 2. The van der Waals surface area contributed by atoms with Gasteiger partial charge in [-0.3, -0.25) is 0 Å². The van der Waals surface area contributed by atoms with Gasteiger partial charge in [-0.1, -0.05) is 12.8 Å². The first-order chi connectivity index (χ1) is 10.9. The Hall–Kier alpha value is -0.810. The first kappa shape index (κ1) is 18.5. The molecule has 5 nitrogen and oxygen atoms in total. The van der Waals surface area contributed by atoms with Crippen molar-refractivity contribution in [3.05, 3.63) is 0 Å². The lowest BCUT2D eigenvalue weighted by atomic mass is 9.83. The number of rotatable bonds is 4. The Morgan fingerprint density at radius 1 is 1.09 bits per heavy atom. The fraction of sp³-hybridized carbons (Fsp3) is 0.944. The number of hydrogen-bond donors (Lipinski definition) is 3. The van der Waals surface area contributed by atoms with Crippen molar-refractivity contribution in [1.29, 1.82) is 0 Å². The molecule has 0 saturated heterocycles. The molecule has 2 aliphatic carbocycles. The van der Waals surface area contributed by atoms with Gasteiger partial charge in [0.1, 0.15) is 5.60 Å². The predicted octanol–water partition coefficient (Wildman–Crippen LogP) is 2.96. The molecule has 0 aromatic rings. The lowest BCUT2D eigenvalue weighted by Crippen LogP contribution is -2.50. The van der Waals surface area contributed by atoms with E-state index in [0.717, 1.165) is 38.5 Å². The Balaban J connectivity index is 1.79. The van der Waals surface area contributed by atoms with Gasteiger partial charge in [-0.15, -0.1) is 0 Å². The smallest absolute Gasteiger partial charge is 0.407 e. The number of carbonyl (C=O) groups is 1. The summed E-state index contributed by atoms with van der Waals surface area (Å²) >= 11 is 0. The van der Waals surface area contributed by atoms with E-state index in [9.17, 15) is 9.90 Å². The molecule has 1 amide bonds. The van der Waals surface area contributed by atoms with Crippen LogP contribution < -0.4 is 10.6 Å². The van der Waals surface area contributed by atoms with E-state index in [-0.39, 0.29) is 18.7 Å². The molecule has 4 atom stereocenters. The average molecular weight is 326 g/mol. The zero-order valence-electron chi connectivity index (χ0n) is 14.9. The zero-order valence-corrected chi connectivity index (χ0v) is 14.9. The van der Waals surface area contributed by atoms with Gasteiger partial charge in [0.2, 0.25) is 0 Å². The zero-order chi connectivity index (χ0) is 16.9. The van der Waals surface area contributed by atoms with Gasteiger partial charge >= 0.3 is 6.09 Å². The minimum atomic E-state index is -0.452. The van der Waals surface area contributed by atoms with Gasteiger partial charge in [0, 0.05) is 24.7 Å². The van der Waals surface area contributed by atoms with Crippen molar-refractivity contribution < 1.29 is 14.6 Å². The standard InChI is InChI=1S/C18H34N2O3/c1-18(2,3)23-17(22)20-15-9-6-8-14(11-15)19-16-10-5-4-7-13(16)12-21/h13-16,19,21H,4-12H2,1-3H3,(H,20,22). The molecule has 2 fully saturated rings. The van der Waals surface area contributed by atoms with Crippen LogP contribution in [0, 0.1) is 5.92 Å². The molecule has 0 spiro atoms. The van der Waals surface area contributed by atoms with Gasteiger partial charge in [-0.2, -0.15) is 0 Å². The molecule has 5 heteroatoms. The van der Waals surface area contributed by atoms with E-state index in [2.05, 4.69) is 10.6 Å². The minimum absolute atomic E-state index is 0.187. The number of alkyl carbamates (subject to hydrolysis) is 1. The van der Waals surface area contributed by atoms with Crippen molar-refractivity contribution in [3.8, 4) is 0 Å². The van der Waals surface area contributed by atoms with Gasteiger partial charge in [0.15, 0.2) is 0 Å². The summed E-state index contributed by atoms with van der Waals surface area (Å²) < 4.78 is 5.36. The highest BCUT2D eigenvalue weighted by Crippen LogP contribution is 2.27. The number of ether oxygens (including phenoxy) is 1. The van der Waals surface area contributed by atoms with E-state index >= 15 is 0 Å². The molecule has 0 bridgehead atoms. The van der Waals surface area contributed by atoms with Crippen molar-refractivity contribution in [3.63, 3.8) is 0 Å². The molecule has 0 radical (unpaired) electrons. The molecule has 0 aliphatic heterocycles. The van der Waals surface area contributed by atoms with E-state index < -0.39 is 5.60 Å². The average Bonchev–Trinajstić information content (AvgIpc) is 2.46. The SMILES string of the molecule is CC(C)(C)OC(=O)NC1CCCC(NC2CCCCC2CO)C1. The van der Waals surface area contributed by atoms with E-state index in [1.807, 2.05) is 20.8 Å². The third-order valence-electron chi connectivity index (χ3n) is 4.99. The lowest BCUT2D eigenvalue weighted by Gasteiger charge is -2.37. The maximum Gasteiger partial charge on any atom is 0.407 e. The number of carbonyl (C=O) groups excluding carboxylic acids is 1. The molecular weight excluding hydrogens is 292 g/mol. The fourth-order valence-corrected chi connectivity index (χ4v) is 3.89.